The fraction of sp³-hybridized carbons (Fsp3) is 0.333. The van der Waals surface area contributed by atoms with Gasteiger partial charge < -0.3 is 5.32 Å². The van der Waals surface area contributed by atoms with Gasteiger partial charge in [-0.05, 0) is 18.6 Å². The Kier molecular flexibility index (Phi) is 4.39. The van der Waals surface area contributed by atoms with Gasteiger partial charge in [0.05, 0.1) is 17.5 Å². The van der Waals surface area contributed by atoms with E-state index in [1.807, 2.05) is 31.2 Å². The van der Waals surface area contributed by atoms with E-state index in [1.54, 1.807) is 17.1 Å². The lowest BCUT2D eigenvalue weighted by molar-refractivity contribution is 0.102. The van der Waals surface area contributed by atoms with E-state index in [4.69, 9.17) is 0 Å². The summed E-state index contributed by atoms with van der Waals surface area (Å²) in [4.78, 5) is 17.0. The summed E-state index contributed by atoms with van der Waals surface area (Å²) in [6.07, 6.45) is 3.93. The van der Waals surface area contributed by atoms with Crippen molar-refractivity contribution in [2.45, 2.75) is 39.5 Å². The molecule has 0 aromatic carbocycles. The number of amides is 1. The Labute approximate surface area is 146 Å². The summed E-state index contributed by atoms with van der Waals surface area (Å²) < 4.78 is 1.69. The van der Waals surface area contributed by atoms with E-state index in [0.717, 1.165) is 11.4 Å². The van der Waals surface area contributed by atoms with Gasteiger partial charge in [0.1, 0.15) is 0 Å². The molecule has 2 N–H and O–H groups in total. The fourth-order valence-corrected chi connectivity index (χ4v) is 2.53. The second kappa shape index (κ2) is 6.51. The summed E-state index contributed by atoms with van der Waals surface area (Å²) in [6, 6.07) is 7.45. The van der Waals surface area contributed by atoms with Gasteiger partial charge >= 0.3 is 0 Å². The Morgan fingerprint density at radius 1 is 1.32 bits per heavy atom. The molecule has 7 nitrogen and oxygen atoms in total. The molecule has 0 bridgehead atoms. The molecule has 0 aliphatic rings. The van der Waals surface area contributed by atoms with Crippen LogP contribution in [0.2, 0.25) is 0 Å². The molecular formula is C18H22N6O. The minimum absolute atomic E-state index is 0.0611. The van der Waals surface area contributed by atoms with Gasteiger partial charge in [0.2, 0.25) is 0 Å². The quantitative estimate of drug-likeness (QED) is 0.765. The molecule has 25 heavy (non-hydrogen) atoms. The number of hydrogen-bond donors (Lipinski definition) is 2. The van der Waals surface area contributed by atoms with Gasteiger partial charge in [-0.2, -0.15) is 10.2 Å². The van der Waals surface area contributed by atoms with Crippen molar-refractivity contribution >= 4 is 11.7 Å². The van der Waals surface area contributed by atoms with Crippen LogP contribution in [0.25, 0.3) is 5.82 Å². The number of nitrogens with zero attached hydrogens (tertiary/aromatic N) is 4. The highest BCUT2D eigenvalue weighted by Crippen LogP contribution is 2.22. The van der Waals surface area contributed by atoms with Crippen molar-refractivity contribution in [3.63, 3.8) is 0 Å². The number of H-pyrrole nitrogens is 1. The lowest BCUT2D eigenvalue weighted by Gasteiger charge is -2.14. The lowest BCUT2D eigenvalue weighted by Crippen LogP contribution is -2.15. The number of pyridine rings is 1. The zero-order valence-corrected chi connectivity index (χ0v) is 14.9. The predicted octanol–water partition coefficient (Wildman–Crippen LogP) is 3.10. The van der Waals surface area contributed by atoms with Crippen molar-refractivity contribution < 1.29 is 4.79 Å². The number of anilines is 1. The molecule has 3 heterocycles. The molecule has 0 saturated carbocycles. The number of carbonyl (C=O) groups is 1. The average Bonchev–Trinajstić information content (AvgIpc) is 3.21. The van der Waals surface area contributed by atoms with Gasteiger partial charge in [-0.3, -0.25) is 9.89 Å². The fourth-order valence-electron chi connectivity index (χ4n) is 2.53. The minimum atomic E-state index is -0.231. The van der Waals surface area contributed by atoms with Crippen LogP contribution in [0.5, 0.6) is 0 Å². The summed E-state index contributed by atoms with van der Waals surface area (Å²) in [5.74, 6) is 0.960. The first-order valence-electron chi connectivity index (χ1n) is 8.25. The van der Waals surface area contributed by atoms with Gasteiger partial charge in [-0.15, -0.1) is 0 Å². The standard InChI is InChI=1S/C18H22N6O/c1-5-13-12(11-20-24(13)16-8-6-7-9-19-16)17(25)21-15-10-14(22-23-15)18(2,3)4/h6-11H,5H2,1-4H3,(H2,21,22,23,25). The highest BCUT2D eigenvalue weighted by atomic mass is 16.1. The van der Waals surface area contributed by atoms with Crippen molar-refractivity contribution in [2.24, 2.45) is 0 Å². The highest BCUT2D eigenvalue weighted by Gasteiger charge is 2.20. The monoisotopic (exact) mass is 338 g/mol. The molecule has 1 amide bonds. The molecule has 130 valence electrons. The first kappa shape index (κ1) is 16.9. The summed E-state index contributed by atoms with van der Waals surface area (Å²) in [5, 5.41) is 14.3. The van der Waals surface area contributed by atoms with Crippen molar-refractivity contribution in [2.75, 3.05) is 5.32 Å². The molecule has 0 unspecified atom stereocenters. The van der Waals surface area contributed by atoms with Crippen LogP contribution in [0.1, 0.15) is 49.4 Å². The molecule has 3 aromatic rings. The van der Waals surface area contributed by atoms with E-state index in [-0.39, 0.29) is 11.3 Å². The van der Waals surface area contributed by atoms with Crippen LogP contribution < -0.4 is 5.32 Å². The van der Waals surface area contributed by atoms with E-state index in [1.165, 1.54) is 0 Å². The Morgan fingerprint density at radius 2 is 2.12 bits per heavy atom. The third kappa shape index (κ3) is 3.45. The molecule has 0 atom stereocenters. The van der Waals surface area contributed by atoms with Gasteiger partial charge in [0.15, 0.2) is 11.6 Å². The maximum Gasteiger partial charge on any atom is 0.260 e. The Morgan fingerprint density at radius 3 is 2.72 bits per heavy atom. The molecule has 0 aliphatic carbocycles. The Bertz CT molecular complexity index is 873. The summed E-state index contributed by atoms with van der Waals surface area (Å²) >= 11 is 0. The molecule has 0 spiro atoms. The van der Waals surface area contributed by atoms with Crippen LogP contribution in [-0.2, 0) is 11.8 Å². The molecular weight excluding hydrogens is 316 g/mol. The van der Waals surface area contributed by atoms with Crippen LogP contribution in [0.4, 0.5) is 5.82 Å². The number of aromatic amines is 1. The predicted molar refractivity (Wildman–Crippen MR) is 96.0 cm³/mol. The van der Waals surface area contributed by atoms with E-state index in [2.05, 4.69) is 46.4 Å². The maximum atomic E-state index is 12.7. The minimum Gasteiger partial charge on any atom is -0.305 e. The SMILES string of the molecule is CCc1c(C(=O)Nc2cc(C(C)(C)C)[nH]n2)cnn1-c1ccccn1. The largest absolute Gasteiger partial charge is 0.305 e. The average molecular weight is 338 g/mol. The summed E-state index contributed by atoms with van der Waals surface area (Å²) in [6.45, 7) is 8.23. The van der Waals surface area contributed by atoms with Crippen molar-refractivity contribution in [3.05, 3.63) is 53.6 Å². The van der Waals surface area contributed by atoms with E-state index < -0.39 is 0 Å². The molecule has 3 rings (SSSR count). The molecule has 7 heteroatoms. The van der Waals surface area contributed by atoms with E-state index >= 15 is 0 Å². The Balaban J connectivity index is 1.86. The van der Waals surface area contributed by atoms with Crippen LogP contribution in [0, 0.1) is 0 Å². The van der Waals surface area contributed by atoms with Gasteiger partial charge in [0.25, 0.3) is 5.91 Å². The summed E-state index contributed by atoms with van der Waals surface area (Å²) in [5.41, 5.74) is 2.23. The highest BCUT2D eigenvalue weighted by molar-refractivity contribution is 6.04. The van der Waals surface area contributed by atoms with Crippen molar-refractivity contribution in [1.29, 1.82) is 0 Å². The zero-order valence-electron chi connectivity index (χ0n) is 14.9. The number of nitrogens with one attached hydrogen (secondary N) is 2. The van der Waals surface area contributed by atoms with Crippen molar-refractivity contribution in [1.82, 2.24) is 25.0 Å². The second-order valence-electron chi connectivity index (χ2n) is 6.83. The van der Waals surface area contributed by atoms with Crippen LogP contribution in [-0.4, -0.2) is 30.9 Å². The summed E-state index contributed by atoms with van der Waals surface area (Å²) in [7, 11) is 0. The van der Waals surface area contributed by atoms with Crippen LogP contribution >= 0.6 is 0 Å². The second-order valence-corrected chi connectivity index (χ2v) is 6.83. The molecule has 0 aliphatic heterocycles. The lowest BCUT2D eigenvalue weighted by atomic mass is 9.92. The van der Waals surface area contributed by atoms with Gasteiger partial charge in [-0.1, -0.05) is 33.8 Å². The number of aromatic nitrogens is 5. The van der Waals surface area contributed by atoms with Gasteiger partial charge in [0, 0.05) is 23.4 Å². The van der Waals surface area contributed by atoms with Crippen LogP contribution in [0.15, 0.2) is 36.7 Å². The molecule has 0 saturated heterocycles. The normalized spacial score (nSPS) is 11.5. The topological polar surface area (TPSA) is 88.5 Å². The number of carbonyl (C=O) groups excluding carboxylic acids is 1. The Hall–Kier alpha value is -2.96. The maximum absolute atomic E-state index is 12.7. The van der Waals surface area contributed by atoms with E-state index in [9.17, 15) is 4.79 Å². The van der Waals surface area contributed by atoms with Crippen LogP contribution in [0.3, 0.4) is 0 Å². The van der Waals surface area contributed by atoms with Crippen molar-refractivity contribution in [3.8, 4) is 5.82 Å². The number of rotatable bonds is 4. The smallest absolute Gasteiger partial charge is 0.260 e. The third-order valence-electron chi connectivity index (χ3n) is 3.94. The molecule has 0 radical (unpaired) electrons. The first-order chi connectivity index (χ1) is 11.9. The van der Waals surface area contributed by atoms with E-state index in [0.29, 0.717) is 23.6 Å². The zero-order chi connectivity index (χ0) is 18.0. The first-order valence-corrected chi connectivity index (χ1v) is 8.25. The molecule has 3 aromatic heterocycles. The number of hydrogen-bond acceptors (Lipinski definition) is 4. The third-order valence-corrected chi connectivity index (χ3v) is 3.94. The molecule has 0 fully saturated rings. The van der Waals surface area contributed by atoms with Gasteiger partial charge in [-0.25, -0.2) is 9.67 Å².